The highest BCUT2D eigenvalue weighted by Gasteiger charge is 2.21. The van der Waals surface area contributed by atoms with Crippen LogP contribution in [0.3, 0.4) is 0 Å². The monoisotopic (exact) mass is 302 g/mol. The van der Waals surface area contributed by atoms with Crippen molar-refractivity contribution in [2.24, 2.45) is 0 Å². The van der Waals surface area contributed by atoms with Crippen molar-refractivity contribution >= 4 is 28.9 Å². The number of nitro groups is 1. The van der Waals surface area contributed by atoms with Gasteiger partial charge >= 0.3 is 5.69 Å². The summed E-state index contributed by atoms with van der Waals surface area (Å²) in [5.74, 6) is -3.34. The Morgan fingerprint density at radius 2 is 2.05 bits per heavy atom. The van der Waals surface area contributed by atoms with Crippen molar-refractivity contribution < 1.29 is 22.9 Å². The van der Waals surface area contributed by atoms with Gasteiger partial charge in [-0.1, -0.05) is 0 Å². The van der Waals surface area contributed by atoms with E-state index in [2.05, 4.69) is 4.42 Å². The van der Waals surface area contributed by atoms with Crippen molar-refractivity contribution in [3.05, 3.63) is 57.0 Å². The van der Waals surface area contributed by atoms with Gasteiger partial charge in [0.15, 0.2) is 0 Å². The Balaban J connectivity index is 2.34. The summed E-state index contributed by atoms with van der Waals surface area (Å²) >= 11 is 5.56. The van der Waals surface area contributed by atoms with Crippen LogP contribution in [-0.4, -0.2) is 10.8 Å². The van der Waals surface area contributed by atoms with Crippen LogP contribution >= 0.6 is 11.6 Å². The lowest BCUT2D eigenvalue weighted by Gasteiger charge is -2.05. The molecule has 0 unspecified atom stereocenters. The summed E-state index contributed by atoms with van der Waals surface area (Å²) in [6, 6.07) is 2.12. The van der Waals surface area contributed by atoms with Crippen LogP contribution in [0.2, 0.25) is 5.22 Å². The molecule has 0 aliphatic rings. The Hall–Kier alpha value is -2.48. The second-order valence-electron chi connectivity index (χ2n) is 3.60. The van der Waals surface area contributed by atoms with Crippen LogP contribution in [0.4, 0.5) is 20.2 Å². The zero-order valence-corrected chi connectivity index (χ0v) is 10.3. The molecule has 1 aromatic heterocycles. The molecule has 0 fully saturated rings. The first kappa shape index (κ1) is 13.9. The van der Waals surface area contributed by atoms with Crippen molar-refractivity contribution in [3.63, 3.8) is 0 Å². The summed E-state index contributed by atoms with van der Waals surface area (Å²) in [5.41, 5.74) is -1.58. The summed E-state index contributed by atoms with van der Waals surface area (Å²) in [6.07, 6.45) is 1.14. The summed E-state index contributed by atoms with van der Waals surface area (Å²) in [7, 11) is 0. The Kier molecular flexibility index (Phi) is 3.66. The smallest absolute Gasteiger partial charge is 0.307 e. The molecule has 0 radical (unpaired) electrons. The van der Waals surface area contributed by atoms with Crippen molar-refractivity contribution in [1.82, 2.24) is 0 Å². The zero-order valence-electron chi connectivity index (χ0n) is 9.52. The van der Waals surface area contributed by atoms with Crippen LogP contribution in [-0.2, 0) is 0 Å². The lowest BCUT2D eigenvalue weighted by Crippen LogP contribution is -2.13. The van der Waals surface area contributed by atoms with Crippen LogP contribution in [0.1, 0.15) is 10.4 Å². The normalized spacial score (nSPS) is 10.3. The molecular formula is C11H5ClF2N2O4. The number of hydrogen-bond acceptors (Lipinski definition) is 4. The molecule has 104 valence electrons. The van der Waals surface area contributed by atoms with Gasteiger partial charge in [-0.05, 0) is 17.7 Å². The van der Waals surface area contributed by atoms with Gasteiger partial charge in [0.2, 0.25) is 11.0 Å². The average Bonchev–Trinajstić information content (AvgIpc) is 2.78. The molecule has 1 N–H and O–H groups in total. The number of furan rings is 1. The fraction of sp³-hybridized carbons (Fsp3) is 0. The largest absolute Gasteiger partial charge is 0.452 e. The highest BCUT2D eigenvalue weighted by Crippen LogP contribution is 2.26. The van der Waals surface area contributed by atoms with E-state index in [0.717, 1.165) is 6.26 Å². The number of hydrogen-bond donors (Lipinski definition) is 1. The minimum absolute atomic E-state index is 0.0851. The SMILES string of the molecule is O=C(Nc1cc([N+](=O)[O-])c(F)cc1F)c1ccoc1Cl. The molecule has 0 atom stereocenters. The van der Waals surface area contributed by atoms with Crippen LogP contribution in [0, 0.1) is 21.7 Å². The van der Waals surface area contributed by atoms with Gasteiger partial charge in [-0.25, -0.2) is 4.39 Å². The standard InChI is InChI=1S/C11H5ClF2N2O4/c12-10-5(1-2-20-10)11(17)15-8-4-9(16(18)19)7(14)3-6(8)13/h1-4H,(H,15,17). The molecule has 20 heavy (non-hydrogen) atoms. The molecule has 2 rings (SSSR count). The summed E-state index contributed by atoms with van der Waals surface area (Å²) in [6.45, 7) is 0. The van der Waals surface area contributed by atoms with E-state index in [1.165, 1.54) is 6.07 Å². The zero-order chi connectivity index (χ0) is 14.9. The number of carbonyl (C=O) groups is 1. The number of rotatable bonds is 3. The number of anilines is 1. The van der Waals surface area contributed by atoms with E-state index < -0.39 is 33.8 Å². The predicted octanol–water partition coefficient (Wildman–Crippen LogP) is 3.37. The molecule has 6 nitrogen and oxygen atoms in total. The van der Waals surface area contributed by atoms with Crippen molar-refractivity contribution in [2.45, 2.75) is 0 Å². The Morgan fingerprint density at radius 1 is 1.35 bits per heavy atom. The average molecular weight is 303 g/mol. The van der Waals surface area contributed by atoms with E-state index in [0.29, 0.717) is 12.1 Å². The highest BCUT2D eigenvalue weighted by atomic mass is 35.5. The summed E-state index contributed by atoms with van der Waals surface area (Å²) < 4.78 is 31.3. The van der Waals surface area contributed by atoms with Gasteiger partial charge < -0.3 is 9.73 Å². The number of halogens is 3. The molecule has 1 aromatic carbocycles. The predicted molar refractivity (Wildman–Crippen MR) is 64.7 cm³/mol. The lowest BCUT2D eigenvalue weighted by molar-refractivity contribution is -0.387. The first-order chi connectivity index (χ1) is 9.40. The minimum atomic E-state index is -1.34. The maximum absolute atomic E-state index is 13.5. The second kappa shape index (κ2) is 5.25. The second-order valence-corrected chi connectivity index (χ2v) is 3.95. The van der Waals surface area contributed by atoms with Gasteiger partial charge in [0, 0.05) is 12.1 Å². The summed E-state index contributed by atoms with van der Waals surface area (Å²) in [4.78, 5) is 21.2. The van der Waals surface area contributed by atoms with Crippen LogP contribution in [0.25, 0.3) is 0 Å². The fourth-order valence-electron chi connectivity index (χ4n) is 1.42. The highest BCUT2D eigenvalue weighted by molar-refractivity contribution is 6.32. The Labute approximate surface area is 115 Å². The quantitative estimate of drug-likeness (QED) is 0.695. The molecule has 0 aliphatic heterocycles. The Bertz CT molecular complexity index is 702. The van der Waals surface area contributed by atoms with Crippen LogP contribution < -0.4 is 5.32 Å². The van der Waals surface area contributed by atoms with E-state index in [4.69, 9.17) is 11.6 Å². The van der Waals surface area contributed by atoms with E-state index in [9.17, 15) is 23.7 Å². The van der Waals surface area contributed by atoms with Crippen molar-refractivity contribution in [3.8, 4) is 0 Å². The van der Waals surface area contributed by atoms with Crippen LogP contribution in [0.15, 0.2) is 28.9 Å². The molecule has 1 amide bonds. The van der Waals surface area contributed by atoms with E-state index in [1.807, 2.05) is 5.32 Å². The third-order valence-corrected chi connectivity index (χ3v) is 2.64. The van der Waals surface area contributed by atoms with Gasteiger partial charge in [-0.2, -0.15) is 4.39 Å². The molecule has 0 saturated heterocycles. The van der Waals surface area contributed by atoms with Gasteiger partial charge in [0.05, 0.1) is 22.4 Å². The first-order valence-electron chi connectivity index (χ1n) is 5.08. The number of nitrogens with one attached hydrogen (secondary N) is 1. The third-order valence-electron chi connectivity index (χ3n) is 2.34. The molecule has 0 bridgehead atoms. The van der Waals surface area contributed by atoms with Crippen molar-refractivity contribution in [2.75, 3.05) is 5.32 Å². The molecule has 0 spiro atoms. The molecule has 0 saturated carbocycles. The number of nitro benzene ring substituents is 1. The van der Waals surface area contributed by atoms with E-state index in [1.54, 1.807) is 0 Å². The van der Waals surface area contributed by atoms with E-state index >= 15 is 0 Å². The van der Waals surface area contributed by atoms with Gasteiger partial charge in [-0.3, -0.25) is 14.9 Å². The number of benzene rings is 1. The van der Waals surface area contributed by atoms with Gasteiger partial charge in [-0.15, -0.1) is 0 Å². The molecule has 2 aromatic rings. The third kappa shape index (κ3) is 2.59. The van der Waals surface area contributed by atoms with E-state index in [-0.39, 0.29) is 10.8 Å². The maximum Gasteiger partial charge on any atom is 0.307 e. The van der Waals surface area contributed by atoms with Crippen LogP contribution in [0.5, 0.6) is 0 Å². The number of carbonyl (C=O) groups excluding carboxylic acids is 1. The number of nitrogens with zero attached hydrogens (tertiary/aromatic N) is 1. The lowest BCUT2D eigenvalue weighted by atomic mass is 10.2. The topological polar surface area (TPSA) is 85.4 Å². The minimum Gasteiger partial charge on any atom is -0.452 e. The first-order valence-corrected chi connectivity index (χ1v) is 5.45. The molecular weight excluding hydrogens is 298 g/mol. The fourth-order valence-corrected chi connectivity index (χ4v) is 1.62. The molecule has 9 heteroatoms. The molecule has 0 aliphatic carbocycles. The molecule has 1 heterocycles. The summed E-state index contributed by atoms with van der Waals surface area (Å²) in [5, 5.41) is 12.4. The maximum atomic E-state index is 13.5. The van der Waals surface area contributed by atoms with Gasteiger partial charge in [0.25, 0.3) is 5.91 Å². The van der Waals surface area contributed by atoms with Gasteiger partial charge in [0.1, 0.15) is 5.82 Å². The number of amides is 1. The van der Waals surface area contributed by atoms with Crippen molar-refractivity contribution in [1.29, 1.82) is 0 Å². The Morgan fingerprint density at radius 3 is 2.60 bits per heavy atom.